The molecule has 0 aromatic heterocycles. The van der Waals surface area contributed by atoms with Gasteiger partial charge in [-0.05, 0) is 73.9 Å². The molecule has 2 fully saturated rings. The van der Waals surface area contributed by atoms with E-state index in [2.05, 4.69) is 5.32 Å². The number of carbonyl (C=O) groups is 1. The van der Waals surface area contributed by atoms with Crippen molar-refractivity contribution in [2.75, 3.05) is 20.6 Å². The van der Waals surface area contributed by atoms with E-state index in [0.717, 1.165) is 0 Å². The molecule has 2 saturated heterocycles. The van der Waals surface area contributed by atoms with Crippen molar-refractivity contribution in [3.8, 4) is 0 Å². The number of carbonyl (C=O) groups excluding carboxylic acids is 1. The van der Waals surface area contributed by atoms with Gasteiger partial charge in [-0.2, -0.15) is 0 Å². The Hall–Kier alpha value is -0.890. The number of likely N-dealkylation sites (N-methyl/N-ethyl adjacent to an activating group) is 2. The quantitative estimate of drug-likeness (QED) is 0.252. The van der Waals surface area contributed by atoms with E-state index in [1.807, 2.05) is 32.7 Å². The summed E-state index contributed by atoms with van der Waals surface area (Å²) in [6.45, 7) is 14.5. The summed E-state index contributed by atoms with van der Waals surface area (Å²) >= 11 is 0. The number of ether oxygens (including phenoxy) is 3. The number of cyclic esters (lactones) is 1. The molecule has 0 radical (unpaired) electrons. The van der Waals surface area contributed by atoms with Gasteiger partial charge in [-0.25, -0.2) is 0 Å². The van der Waals surface area contributed by atoms with Gasteiger partial charge in [0, 0.05) is 30.5 Å². The minimum Gasteiger partial charge on any atom is -0.459 e. The van der Waals surface area contributed by atoms with E-state index in [1.54, 1.807) is 34.7 Å². The van der Waals surface area contributed by atoms with Crippen LogP contribution in [0.4, 0.5) is 0 Å². The first-order valence-electron chi connectivity index (χ1n) is 15.3. The molecule has 15 atom stereocenters. The minimum absolute atomic E-state index is 0.0122. The molecule has 0 saturated carbocycles. The van der Waals surface area contributed by atoms with Crippen LogP contribution in [0.1, 0.15) is 74.7 Å². The van der Waals surface area contributed by atoms with Crippen LogP contribution >= 0.6 is 0 Å². The minimum atomic E-state index is -1.74. The lowest BCUT2D eigenvalue weighted by molar-refractivity contribution is -0.281. The summed E-state index contributed by atoms with van der Waals surface area (Å²) in [6, 6.07) is -0.737. The van der Waals surface area contributed by atoms with E-state index in [1.165, 1.54) is 6.92 Å². The lowest BCUT2D eigenvalue weighted by Crippen LogP contribution is -2.59. The molecule has 41 heavy (non-hydrogen) atoms. The van der Waals surface area contributed by atoms with Crippen LogP contribution in [0.15, 0.2) is 0 Å². The van der Waals surface area contributed by atoms with Crippen LogP contribution in [0.3, 0.4) is 0 Å². The number of nitrogens with zero attached hydrogens (tertiary/aromatic N) is 1. The molecule has 0 aromatic carbocycles. The average Bonchev–Trinajstić information content (AvgIpc) is 2.91. The lowest BCUT2D eigenvalue weighted by atomic mass is 9.78. The van der Waals surface area contributed by atoms with Crippen molar-refractivity contribution in [2.24, 2.45) is 23.7 Å². The molecule has 2 aliphatic heterocycles. The Balaban J connectivity index is 2.54. The van der Waals surface area contributed by atoms with Gasteiger partial charge in [0.2, 0.25) is 0 Å². The molecule has 242 valence electrons. The van der Waals surface area contributed by atoms with Crippen LogP contribution < -0.4 is 5.32 Å². The SMILES string of the molecule is CC[C@H]1OC(=O)[C@H](C)[C@@H](O)[C@H](C)[C@@H](O[C@@H]2O[C@H](C)C[C@H](NC)[C@H]2O)C([C@@H](C)O)C[C@@H](C)CN(C)[C@H](C)[C@@H](O)[C@]1(C)O. The van der Waals surface area contributed by atoms with Crippen molar-refractivity contribution in [2.45, 2.75) is 141 Å². The predicted molar refractivity (Wildman–Crippen MR) is 155 cm³/mol. The van der Waals surface area contributed by atoms with Crippen LogP contribution in [-0.2, 0) is 19.0 Å². The normalized spacial score (nSPS) is 47.2. The zero-order chi connectivity index (χ0) is 31.4. The predicted octanol–water partition coefficient (Wildman–Crippen LogP) is 0.879. The molecule has 0 aromatic rings. The second-order valence-corrected chi connectivity index (χ2v) is 13.1. The first kappa shape index (κ1) is 36.3. The summed E-state index contributed by atoms with van der Waals surface area (Å²) in [5, 5.41) is 59.2. The molecule has 6 N–H and O–H groups in total. The molecule has 11 nitrogen and oxygen atoms in total. The van der Waals surface area contributed by atoms with E-state index in [0.29, 0.717) is 19.4 Å². The Morgan fingerprint density at radius 2 is 1.73 bits per heavy atom. The lowest BCUT2D eigenvalue weighted by Gasteiger charge is -2.44. The number of esters is 1. The Morgan fingerprint density at radius 3 is 2.27 bits per heavy atom. The van der Waals surface area contributed by atoms with Crippen molar-refractivity contribution < 1.29 is 44.5 Å². The van der Waals surface area contributed by atoms with Gasteiger partial charge in [0.1, 0.15) is 23.9 Å². The molecular formula is C30H58N2O9. The van der Waals surface area contributed by atoms with Crippen molar-refractivity contribution in [3.63, 3.8) is 0 Å². The van der Waals surface area contributed by atoms with Gasteiger partial charge in [-0.1, -0.05) is 20.8 Å². The van der Waals surface area contributed by atoms with Crippen LogP contribution in [-0.4, -0.2) is 124 Å². The van der Waals surface area contributed by atoms with Crippen molar-refractivity contribution in [1.29, 1.82) is 0 Å². The largest absolute Gasteiger partial charge is 0.459 e. The Kier molecular flexibility index (Phi) is 13.5. The number of aliphatic hydroxyl groups excluding tert-OH is 4. The van der Waals surface area contributed by atoms with E-state index in [4.69, 9.17) is 14.2 Å². The summed E-state index contributed by atoms with van der Waals surface area (Å²) in [4.78, 5) is 15.3. The molecule has 0 bridgehead atoms. The fourth-order valence-electron chi connectivity index (χ4n) is 6.60. The summed E-state index contributed by atoms with van der Waals surface area (Å²) in [5.41, 5.74) is -1.74. The van der Waals surface area contributed by atoms with Gasteiger partial charge < -0.3 is 50.0 Å². The maximum atomic E-state index is 13.3. The first-order chi connectivity index (χ1) is 19.0. The number of nitrogens with one attached hydrogen (secondary N) is 1. The standard InChI is InChI=1S/C30H58N2O9/c1-11-23-30(8,38)27(36)19(6)32(10)14-15(2)12-21(20(7)33)26(17(4)24(34)18(5)28(37)40-23)41-29-25(35)22(31-9)13-16(3)39-29/h15-27,29,31,33-36,38H,11-14H2,1-10H3/t15-,16-,17+,18-,19-,20-,21?,22+,23-,24+,25-,26-,27-,29+,30-/m1/s1. The van der Waals surface area contributed by atoms with Crippen molar-refractivity contribution >= 4 is 5.97 Å². The maximum absolute atomic E-state index is 13.3. The number of hydrogen-bond donors (Lipinski definition) is 6. The second kappa shape index (κ2) is 15.2. The van der Waals surface area contributed by atoms with E-state index < -0.39 is 78.3 Å². The van der Waals surface area contributed by atoms with Crippen LogP contribution in [0, 0.1) is 23.7 Å². The fraction of sp³-hybridized carbons (Fsp3) is 0.967. The van der Waals surface area contributed by atoms with E-state index in [-0.39, 0.29) is 24.5 Å². The highest BCUT2D eigenvalue weighted by molar-refractivity contribution is 5.73. The van der Waals surface area contributed by atoms with Gasteiger partial charge in [-0.3, -0.25) is 4.79 Å². The van der Waals surface area contributed by atoms with Gasteiger partial charge >= 0.3 is 5.97 Å². The third kappa shape index (κ3) is 8.61. The van der Waals surface area contributed by atoms with Gasteiger partial charge in [0.05, 0.1) is 30.3 Å². The van der Waals surface area contributed by atoms with E-state index in [9.17, 15) is 30.3 Å². The molecular weight excluding hydrogens is 532 g/mol. The third-order valence-corrected chi connectivity index (χ3v) is 9.59. The van der Waals surface area contributed by atoms with Crippen molar-refractivity contribution in [3.05, 3.63) is 0 Å². The number of rotatable bonds is 5. The zero-order valence-electron chi connectivity index (χ0n) is 26.7. The number of aliphatic hydroxyl groups is 5. The Morgan fingerprint density at radius 1 is 1.12 bits per heavy atom. The van der Waals surface area contributed by atoms with Crippen molar-refractivity contribution in [1.82, 2.24) is 10.2 Å². The topological polar surface area (TPSA) is 161 Å². The summed E-state index contributed by atoms with van der Waals surface area (Å²) < 4.78 is 18.2. The molecule has 0 spiro atoms. The molecule has 2 rings (SSSR count). The molecule has 0 aliphatic carbocycles. The fourth-order valence-corrected chi connectivity index (χ4v) is 6.60. The summed E-state index contributed by atoms with van der Waals surface area (Å²) in [7, 11) is 3.62. The Bertz CT molecular complexity index is 815. The molecule has 11 heteroatoms. The van der Waals surface area contributed by atoms with E-state index >= 15 is 0 Å². The summed E-state index contributed by atoms with van der Waals surface area (Å²) in [6.07, 6.45) is -5.91. The monoisotopic (exact) mass is 590 g/mol. The second-order valence-electron chi connectivity index (χ2n) is 13.1. The highest BCUT2D eigenvalue weighted by atomic mass is 16.7. The molecule has 1 unspecified atom stereocenters. The maximum Gasteiger partial charge on any atom is 0.311 e. The van der Waals surface area contributed by atoms with Gasteiger partial charge in [0.25, 0.3) is 0 Å². The average molecular weight is 591 g/mol. The number of hydrogen-bond acceptors (Lipinski definition) is 11. The third-order valence-electron chi connectivity index (χ3n) is 9.59. The molecule has 2 heterocycles. The van der Waals surface area contributed by atoms with Crippen LogP contribution in [0.5, 0.6) is 0 Å². The Labute approximate surface area is 246 Å². The highest BCUT2D eigenvalue weighted by Gasteiger charge is 2.47. The smallest absolute Gasteiger partial charge is 0.311 e. The highest BCUT2D eigenvalue weighted by Crippen LogP contribution is 2.35. The first-order valence-corrected chi connectivity index (χ1v) is 15.3. The van der Waals surface area contributed by atoms with Gasteiger partial charge in [-0.15, -0.1) is 0 Å². The zero-order valence-corrected chi connectivity index (χ0v) is 26.7. The van der Waals surface area contributed by atoms with Crippen LogP contribution in [0.2, 0.25) is 0 Å². The molecule has 2 aliphatic rings. The molecule has 0 amide bonds. The van der Waals surface area contributed by atoms with Gasteiger partial charge in [0.15, 0.2) is 6.29 Å². The summed E-state index contributed by atoms with van der Waals surface area (Å²) in [5.74, 6) is -2.85. The van der Waals surface area contributed by atoms with Crippen LogP contribution in [0.25, 0.3) is 0 Å².